The van der Waals surface area contributed by atoms with E-state index in [0.717, 1.165) is 12.8 Å². The Kier molecular flexibility index (Phi) is 6.03. The quantitative estimate of drug-likeness (QED) is 0.527. The number of carbonyl (C=O) groups excluding carboxylic acids is 2. The summed E-state index contributed by atoms with van der Waals surface area (Å²) in [6.45, 7) is 4.07. The number of ether oxygens (including phenoxy) is 1. The second-order valence-corrected chi connectivity index (χ2v) is 10.6. The molecule has 2 amide bonds. The fraction of sp³-hybridized carbons (Fsp3) is 0.464. The van der Waals surface area contributed by atoms with Gasteiger partial charge in [0.25, 0.3) is 0 Å². The van der Waals surface area contributed by atoms with E-state index < -0.39 is 23.5 Å². The normalized spacial score (nSPS) is 24.8. The third-order valence-corrected chi connectivity index (χ3v) is 8.05. The molecule has 0 saturated heterocycles. The lowest BCUT2D eigenvalue weighted by molar-refractivity contribution is -0.138. The van der Waals surface area contributed by atoms with E-state index in [1.54, 1.807) is 0 Å². The molecular formula is C28H32N2O5. The Morgan fingerprint density at radius 3 is 2.26 bits per heavy atom. The second kappa shape index (κ2) is 9.02. The molecule has 4 atom stereocenters. The summed E-state index contributed by atoms with van der Waals surface area (Å²) >= 11 is 0. The molecule has 2 aromatic rings. The van der Waals surface area contributed by atoms with Crippen LogP contribution in [0.1, 0.15) is 56.6 Å². The molecule has 3 aliphatic rings. The molecule has 7 nitrogen and oxygen atoms in total. The highest BCUT2D eigenvalue weighted by atomic mass is 16.5. The van der Waals surface area contributed by atoms with Crippen LogP contribution in [0.5, 0.6) is 0 Å². The lowest BCUT2D eigenvalue weighted by atomic mass is 9.96. The van der Waals surface area contributed by atoms with E-state index in [4.69, 9.17) is 9.84 Å². The summed E-state index contributed by atoms with van der Waals surface area (Å²) in [6, 6.07) is 15.9. The first-order valence-corrected chi connectivity index (χ1v) is 12.4. The maximum atomic E-state index is 13.0. The molecule has 3 aliphatic carbocycles. The van der Waals surface area contributed by atoms with Crippen molar-refractivity contribution in [3.8, 4) is 11.1 Å². The molecule has 0 radical (unpaired) electrons. The minimum atomic E-state index is -0.921. The highest BCUT2D eigenvalue weighted by Crippen LogP contribution is 2.63. The minimum absolute atomic E-state index is 0.00412. The summed E-state index contributed by atoms with van der Waals surface area (Å²) in [5.74, 6) is -0.752. The number of carbonyl (C=O) groups is 3. The number of carboxylic acid groups (broad SMARTS) is 1. The van der Waals surface area contributed by atoms with Gasteiger partial charge >= 0.3 is 12.1 Å². The van der Waals surface area contributed by atoms with E-state index in [0.29, 0.717) is 6.42 Å². The van der Waals surface area contributed by atoms with Crippen molar-refractivity contribution in [3.63, 3.8) is 0 Å². The smallest absolute Gasteiger partial charge is 0.407 e. The number of hydrogen-bond donors (Lipinski definition) is 3. The Morgan fingerprint density at radius 2 is 1.66 bits per heavy atom. The van der Waals surface area contributed by atoms with E-state index in [9.17, 15) is 14.4 Å². The predicted molar refractivity (Wildman–Crippen MR) is 131 cm³/mol. The number of nitrogens with one attached hydrogen (secondary N) is 2. The molecule has 0 bridgehead atoms. The highest BCUT2D eigenvalue weighted by molar-refractivity contribution is 5.87. The number of amides is 2. The van der Waals surface area contributed by atoms with Crippen molar-refractivity contribution in [1.29, 1.82) is 0 Å². The molecule has 35 heavy (non-hydrogen) atoms. The van der Waals surface area contributed by atoms with Crippen molar-refractivity contribution in [2.24, 2.45) is 17.3 Å². The predicted octanol–water partition coefficient (Wildman–Crippen LogP) is 4.31. The van der Waals surface area contributed by atoms with E-state index in [1.807, 2.05) is 38.1 Å². The molecule has 184 valence electrons. The molecule has 2 aromatic carbocycles. The molecule has 2 fully saturated rings. The maximum absolute atomic E-state index is 13.0. The molecular weight excluding hydrogens is 444 g/mol. The van der Waals surface area contributed by atoms with Crippen molar-refractivity contribution in [2.75, 3.05) is 6.61 Å². The fourth-order valence-electron chi connectivity index (χ4n) is 6.05. The minimum Gasteiger partial charge on any atom is -0.481 e. The van der Waals surface area contributed by atoms with Crippen LogP contribution < -0.4 is 10.6 Å². The molecule has 0 spiro atoms. The van der Waals surface area contributed by atoms with Gasteiger partial charge in [-0.1, -0.05) is 62.4 Å². The fourth-order valence-corrected chi connectivity index (χ4v) is 6.05. The van der Waals surface area contributed by atoms with Crippen molar-refractivity contribution in [3.05, 3.63) is 59.7 Å². The first-order valence-electron chi connectivity index (χ1n) is 12.4. The van der Waals surface area contributed by atoms with Crippen LogP contribution in [0, 0.1) is 17.3 Å². The summed E-state index contributed by atoms with van der Waals surface area (Å²) in [5, 5.41) is 15.1. The van der Waals surface area contributed by atoms with Crippen LogP contribution in [0.2, 0.25) is 0 Å². The van der Waals surface area contributed by atoms with Gasteiger partial charge < -0.3 is 20.5 Å². The highest BCUT2D eigenvalue weighted by Gasteiger charge is 2.65. The summed E-state index contributed by atoms with van der Waals surface area (Å²) < 4.78 is 5.67. The average molecular weight is 477 g/mol. The molecule has 2 saturated carbocycles. The van der Waals surface area contributed by atoms with Crippen LogP contribution in [-0.4, -0.2) is 41.8 Å². The average Bonchev–Trinajstić information content (AvgIpc) is 3.25. The summed E-state index contributed by atoms with van der Waals surface area (Å²) in [7, 11) is 0. The monoisotopic (exact) mass is 476 g/mol. The van der Waals surface area contributed by atoms with Gasteiger partial charge in [0, 0.05) is 18.0 Å². The van der Waals surface area contributed by atoms with Crippen LogP contribution in [0.15, 0.2) is 48.5 Å². The van der Waals surface area contributed by atoms with Crippen LogP contribution in [0.3, 0.4) is 0 Å². The Hall–Kier alpha value is -3.35. The van der Waals surface area contributed by atoms with Gasteiger partial charge in [0.05, 0.1) is 11.8 Å². The lowest BCUT2D eigenvalue weighted by Crippen LogP contribution is -2.44. The van der Waals surface area contributed by atoms with Gasteiger partial charge in [-0.25, -0.2) is 4.79 Å². The Bertz CT molecular complexity index is 1120. The maximum Gasteiger partial charge on any atom is 0.407 e. The van der Waals surface area contributed by atoms with Gasteiger partial charge in [-0.2, -0.15) is 0 Å². The topological polar surface area (TPSA) is 105 Å². The van der Waals surface area contributed by atoms with Gasteiger partial charge in [-0.3, -0.25) is 9.59 Å². The number of rotatable bonds is 8. The van der Waals surface area contributed by atoms with Crippen LogP contribution in [0.4, 0.5) is 4.79 Å². The van der Waals surface area contributed by atoms with Gasteiger partial charge in [-0.05, 0) is 53.4 Å². The number of fused-ring (bicyclic) bond motifs is 4. The Labute approximate surface area is 205 Å². The zero-order valence-electron chi connectivity index (χ0n) is 20.1. The lowest BCUT2D eigenvalue weighted by Gasteiger charge is -2.24. The third-order valence-electron chi connectivity index (χ3n) is 8.05. The van der Waals surface area contributed by atoms with E-state index >= 15 is 0 Å². The Balaban J connectivity index is 1.16. The molecule has 5 rings (SSSR count). The van der Waals surface area contributed by atoms with Crippen molar-refractivity contribution >= 4 is 18.0 Å². The molecule has 0 aliphatic heterocycles. The number of aliphatic carboxylic acids is 1. The SMILES string of the molecule is CC(C)C(CC(=O)O)NC(=O)[C@]12C[C@H](NC(=O)OCC3c4ccccc4-c4ccccc43)C[C@H]1C2. The molecule has 0 heterocycles. The zero-order chi connectivity index (χ0) is 24.7. The van der Waals surface area contributed by atoms with E-state index in [1.165, 1.54) is 22.3 Å². The van der Waals surface area contributed by atoms with Crippen molar-refractivity contribution < 1.29 is 24.2 Å². The number of benzene rings is 2. The third kappa shape index (κ3) is 4.40. The van der Waals surface area contributed by atoms with Crippen molar-refractivity contribution in [1.82, 2.24) is 10.6 Å². The van der Waals surface area contributed by atoms with Crippen LogP contribution >= 0.6 is 0 Å². The van der Waals surface area contributed by atoms with Crippen molar-refractivity contribution in [2.45, 2.75) is 57.5 Å². The van der Waals surface area contributed by atoms with Crippen LogP contribution in [-0.2, 0) is 14.3 Å². The zero-order valence-corrected chi connectivity index (χ0v) is 20.1. The van der Waals surface area contributed by atoms with Gasteiger partial charge in [0.1, 0.15) is 6.61 Å². The van der Waals surface area contributed by atoms with Gasteiger partial charge in [0.2, 0.25) is 5.91 Å². The number of carboxylic acids is 1. The van der Waals surface area contributed by atoms with E-state index in [2.05, 4.69) is 34.9 Å². The number of alkyl carbamates (subject to hydrolysis) is 1. The second-order valence-electron chi connectivity index (χ2n) is 10.6. The molecule has 7 heteroatoms. The molecule has 0 aromatic heterocycles. The van der Waals surface area contributed by atoms with Gasteiger partial charge in [-0.15, -0.1) is 0 Å². The Morgan fingerprint density at radius 1 is 1.03 bits per heavy atom. The largest absolute Gasteiger partial charge is 0.481 e. The molecule has 1 unspecified atom stereocenters. The standard InChI is InChI=1S/C28H32N2O5/c1-16(2)24(12-25(31)32)30-26(33)28-13-17(28)11-18(14-28)29-27(34)35-15-23-21-9-5-3-7-19(21)20-8-4-6-10-22(20)23/h3-10,16-18,23-24H,11-15H2,1-2H3,(H,29,34)(H,30,33)(H,31,32)/t17-,18+,24?,28+/m0/s1. The van der Waals surface area contributed by atoms with Gasteiger partial charge in [0.15, 0.2) is 0 Å². The van der Waals surface area contributed by atoms with Crippen LogP contribution in [0.25, 0.3) is 11.1 Å². The summed E-state index contributed by atoms with van der Waals surface area (Å²) in [6.07, 6.45) is 1.54. The first kappa shape index (κ1) is 23.4. The molecule has 3 N–H and O–H groups in total. The first-order chi connectivity index (χ1) is 16.8. The summed E-state index contributed by atoms with van der Waals surface area (Å²) in [4.78, 5) is 36.8. The van der Waals surface area contributed by atoms with E-state index in [-0.39, 0.29) is 42.7 Å². The number of hydrogen-bond acceptors (Lipinski definition) is 4. The summed E-state index contributed by atoms with van der Waals surface area (Å²) in [5.41, 5.74) is 4.21.